The number of anilines is 2. The molecule has 0 aliphatic carbocycles. The summed E-state index contributed by atoms with van der Waals surface area (Å²) in [7, 11) is -3.20. The van der Waals surface area contributed by atoms with Crippen LogP contribution >= 0.6 is 11.6 Å². The summed E-state index contributed by atoms with van der Waals surface area (Å²) in [5.41, 5.74) is 1.11. The average molecular weight is 289 g/mol. The van der Waals surface area contributed by atoms with Crippen molar-refractivity contribution in [1.82, 2.24) is 0 Å². The van der Waals surface area contributed by atoms with Gasteiger partial charge in [0.15, 0.2) is 0 Å². The Hall–Kier alpha value is -1.27. The van der Waals surface area contributed by atoms with Gasteiger partial charge in [-0.15, -0.1) is 11.6 Å². The molecule has 0 radical (unpaired) electrons. The number of hydrogen-bond acceptors (Lipinski definition) is 3. The largest absolute Gasteiger partial charge is 0.325 e. The Morgan fingerprint density at radius 2 is 2.22 bits per heavy atom. The molecule has 1 aromatic rings. The van der Waals surface area contributed by atoms with E-state index in [0.29, 0.717) is 24.3 Å². The second-order valence-corrected chi connectivity index (χ2v) is 6.25. The molecule has 1 heterocycles. The molecule has 0 saturated carbocycles. The third-order valence-corrected chi connectivity index (χ3v) is 4.75. The topological polar surface area (TPSA) is 66.5 Å². The van der Waals surface area contributed by atoms with E-state index < -0.39 is 10.0 Å². The second-order valence-electron chi connectivity index (χ2n) is 3.97. The molecule has 1 aliphatic rings. The first-order chi connectivity index (χ1) is 8.53. The van der Waals surface area contributed by atoms with Crippen LogP contribution in [-0.2, 0) is 14.8 Å². The number of amides is 1. The summed E-state index contributed by atoms with van der Waals surface area (Å²) in [6, 6.07) is 6.73. The predicted octanol–water partition coefficient (Wildman–Crippen LogP) is 1.40. The minimum atomic E-state index is -3.20. The zero-order chi connectivity index (χ0) is 13.2. The maximum Gasteiger partial charge on any atom is 0.239 e. The van der Waals surface area contributed by atoms with E-state index in [9.17, 15) is 13.2 Å². The lowest BCUT2D eigenvalue weighted by Gasteiger charge is -2.17. The molecule has 1 aromatic carbocycles. The van der Waals surface area contributed by atoms with Crippen LogP contribution in [0.25, 0.3) is 0 Å². The summed E-state index contributed by atoms with van der Waals surface area (Å²) < 4.78 is 24.9. The molecule has 0 atom stereocenters. The van der Waals surface area contributed by atoms with Crippen LogP contribution < -0.4 is 9.62 Å². The van der Waals surface area contributed by atoms with Gasteiger partial charge in [0.1, 0.15) is 5.88 Å². The summed E-state index contributed by atoms with van der Waals surface area (Å²) in [6.07, 6.45) is 0.626. The first-order valence-electron chi connectivity index (χ1n) is 5.49. The molecule has 18 heavy (non-hydrogen) atoms. The van der Waals surface area contributed by atoms with Gasteiger partial charge < -0.3 is 5.32 Å². The number of alkyl halides is 1. The molecule has 0 aromatic heterocycles. The lowest BCUT2D eigenvalue weighted by molar-refractivity contribution is -0.113. The number of carbonyl (C=O) groups excluding carboxylic acids is 1. The van der Waals surface area contributed by atoms with Gasteiger partial charge in [0, 0.05) is 12.2 Å². The molecule has 1 aliphatic heterocycles. The van der Waals surface area contributed by atoms with Gasteiger partial charge in [0.05, 0.1) is 11.4 Å². The molecule has 1 saturated heterocycles. The predicted molar refractivity (Wildman–Crippen MR) is 71.5 cm³/mol. The van der Waals surface area contributed by atoms with E-state index in [1.54, 1.807) is 24.3 Å². The molecular formula is C11H13ClN2O3S. The van der Waals surface area contributed by atoms with Crippen molar-refractivity contribution in [1.29, 1.82) is 0 Å². The molecule has 7 heteroatoms. The minimum absolute atomic E-state index is 0.133. The van der Waals surface area contributed by atoms with Gasteiger partial charge in [0.25, 0.3) is 0 Å². The SMILES string of the molecule is O=C(CCl)Nc1cccc(N2CCCS2(=O)=O)c1. The summed E-state index contributed by atoms with van der Waals surface area (Å²) in [5, 5.41) is 2.59. The van der Waals surface area contributed by atoms with Crippen LogP contribution in [0, 0.1) is 0 Å². The Morgan fingerprint density at radius 1 is 1.44 bits per heavy atom. The first kappa shape index (κ1) is 13.2. The Kier molecular flexibility index (Phi) is 3.77. The lowest BCUT2D eigenvalue weighted by atomic mass is 10.2. The molecule has 5 nitrogen and oxygen atoms in total. The molecule has 0 unspecified atom stereocenters. The van der Waals surface area contributed by atoms with Crippen molar-refractivity contribution < 1.29 is 13.2 Å². The molecule has 98 valence electrons. The van der Waals surface area contributed by atoms with Gasteiger partial charge >= 0.3 is 0 Å². The molecule has 1 fully saturated rings. The van der Waals surface area contributed by atoms with Crippen molar-refractivity contribution in [3.63, 3.8) is 0 Å². The van der Waals surface area contributed by atoms with E-state index >= 15 is 0 Å². The van der Waals surface area contributed by atoms with E-state index in [1.165, 1.54) is 4.31 Å². The number of rotatable bonds is 3. The van der Waals surface area contributed by atoms with E-state index in [4.69, 9.17) is 11.6 Å². The van der Waals surface area contributed by atoms with E-state index in [0.717, 1.165) is 0 Å². The zero-order valence-electron chi connectivity index (χ0n) is 9.60. The first-order valence-corrected chi connectivity index (χ1v) is 7.63. The highest BCUT2D eigenvalue weighted by molar-refractivity contribution is 7.93. The average Bonchev–Trinajstić information content (AvgIpc) is 2.69. The third kappa shape index (κ3) is 2.76. The number of nitrogens with one attached hydrogen (secondary N) is 1. The lowest BCUT2D eigenvalue weighted by Crippen LogP contribution is -2.25. The quantitative estimate of drug-likeness (QED) is 0.855. The van der Waals surface area contributed by atoms with E-state index in [1.807, 2.05) is 0 Å². The van der Waals surface area contributed by atoms with Crippen LogP contribution in [0.4, 0.5) is 11.4 Å². The van der Waals surface area contributed by atoms with Gasteiger partial charge in [-0.25, -0.2) is 8.42 Å². The molecule has 0 bridgehead atoms. The van der Waals surface area contributed by atoms with Crippen LogP contribution in [0.1, 0.15) is 6.42 Å². The van der Waals surface area contributed by atoms with Crippen LogP contribution in [0.5, 0.6) is 0 Å². The van der Waals surface area contributed by atoms with Crippen molar-refractivity contribution in [2.24, 2.45) is 0 Å². The minimum Gasteiger partial charge on any atom is -0.325 e. The second kappa shape index (κ2) is 5.16. The summed E-state index contributed by atoms with van der Waals surface area (Å²) in [5.74, 6) is -0.282. The maximum absolute atomic E-state index is 11.8. The zero-order valence-corrected chi connectivity index (χ0v) is 11.2. The number of sulfonamides is 1. The summed E-state index contributed by atoms with van der Waals surface area (Å²) >= 11 is 5.40. The smallest absolute Gasteiger partial charge is 0.239 e. The Morgan fingerprint density at radius 3 is 2.83 bits per heavy atom. The molecule has 1 amide bonds. The number of carbonyl (C=O) groups is 1. The standard InChI is InChI=1S/C11H13ClN2O3S/c12-8-11(15)13-9-3-1-4-10(7-9)14-5-2-6-18(14,16)17/h1,3-4,7H,2,5-6,8H2,(H,13,15). The third-order valence-electron chi connectivity index (χ3n) is 2.64. The Labute approximate surface area is 111 Å². The van der Waals surface area contributed by atoms with Crippen molar-refractivity contribution in [3.8, 4) is 0 Å². The monoisotopic (exact) mass is 288 g/mol. The fourth-order valence-electron chi connectivity index (χ4n) is 1.86. The Balaban J connectivity index is 2.25. The normalized spacial score (nSPS) is 17.7. The highest BCUT2D eigenvalue weighted by Crippen LogP contribution is 2.26. The summed E-state index contributed by atoms with van der Waals surface area (Å²) in [4.78, 5) is 11.2. The number of halogens is 1. The molecule has 1 N–H and O–H groups in total. The number of nitrogens with zero attached hydrogens (tertiary/aromatic N) is 1. The van der Waals surface area contributed by atoms with Crippen LogP contribution in [-0.4, -0.2) is 32.5 Å². The fraction of sp³-hybridized carbons (Fsp3) is 0.364. The Bertz CT molecular complexity index is 559. The number of benzene rings is 1. The van der Waals surface area contributed by atoms with Crippen LogP contribution in [0.15, 0.2) is 24.3 Å². The van der Waals surface area contributed by atoms with Crippen molar-refractivity contribution in [2.75, 3.05) is 27.8 Å². The van der Waals surface area contributed by atoms with Crippen molar-refractivity contribution in [2.45, 2.75) is 6.42 Å². The maximum atomic E-state index is 11.8. The number of hydrogen-bond donors (Lipinski definition) is 1. The fourth-order valence-corrected chi connectivity index (χ4v) is 3.49. The van der Waals surface area contributed by atoms with Gasteiger partial charge in [0.2, 0.25) is 15.9 Å². The molecule has 0 spiro atoms. The summed E-state index contributed by atoms with van der Waals surface area (Å²) in [6.45, 7) is 0.481. The van der Waals surface area contributed by atoms with Gasteiger partial charge in [-0.2, -0.15) is 0 Å². The molecular weight excluding hydrogens is 276 g/mol. The van der Waals surface area contributed by atoms with E-state index in [-0.39, 0.29) is 17.5 Å². The van der Waals surface area contributed by atoms with Gasteiger partial charge in [-0.05, 0) is 24.6 Å². The van der Waals surface area contributed by atoms with Crippen molar-refractivity contribution >= 4 is 38.9 Å². The van der Waals surface area contributed by atoms with Gasteiger partial charge in [-0.3, -0.25) is 9.10 Å². The van der Waals surface area contributed by atoms with Crippen LogP contribution in [0.3, 0.4) is 0 Å². The highest BCUT2D eigenvalue weighted by atomic mass is 35.5. The highest BCUT2D eigenvalue weighted by Gasteiger charge is 2.28. The van der Waals surface area contributed by atoms with Gasteiger partial charge in [-0.1, -0.05) is 6.07 Å². The van der Waals surface area contributed by atoms with Crippen molar-refractivity contribution in [3.05, 3.63) is 24.3 Å². The van der Waals surface area contributed by atoms with Crippen LogP contribution in [0.2, 0.25) is 0 Å². The molecule has 2 rings (SSSR count). The van der Waals surface area contributed by atoms with E-state index in [2.05, 4.69) is 5.32 Å².